The predicted molar refractivity (Wildman–Crippen MR) is 86.9 cm³/mol. The quantitative estimate of drug-likeness (QED) is 0.598. The maximum Gasteiger partial charge on any atom is 0.320 e. The van der Waals surface area contributed by atoms with Gasteiger partial charge in [-0.15, -0.1) is 12.4 Å². The molecular formula is C14H23ClN4O2. The third kappa shape index (κ3) is 6.97. The summed E-state index contributed by atoms with van der Waals surface area (Å²) in [6, 6.07) is 8.66. The van der Waals surface area contributed by atoms with Gasteiger partial charge >= 0.3 is 6.03 Å². The van der Waals surface area contributed by atoms with E-state index in [9.17, 15) is 9.59 Å². The van der Waals surface area contributed by atoms with Gasteiger partial charge in [0.2, 0.25) is 5.91 Å². The number of hydrogen-bond donors (Lipinski definition) is 4. The molecule has 0 radical (unpaired) electrons. The van der Waals surface area contributed by atoms with Crippen molar-refractivity contribution in [1.29, 1.82) is 0 Å². The van der Waals surface area contributed by atoms with Crippen LogP contribution in [0.1, 0.15) is 13.8 Å². The van der Waals surface area contributed by atoms with Crippen LogP contribution in [-0.2, 0) is 4.79 Å². The molecule has 0 heterocycles. The number of anilines is 1. The van der Waals surface area contributed by atoms with E-state index in [0.29, 0.717) is 18.8 Å². The standard InChI is InChI=1S/C14H22N4O2.ClH/c1-14(2,12(19)16-10-9-15-3)18-13(20)17-11-7-5-4-6-8-11;/h4-8,15H,9-10H2,1-3H3,(H,16,19)(H2,17,18,20);1H. The monoisotopic (exact) mass is 314 g/mol. The molecule has 3 amide bonds. The fraction of sp³-hybridized carbons (Fsp3) is 0.429. The lowest BCUT2D eigenvalue weighted by atomic mass is 10.1. The molecule has 0 unspecified atom stereocenters. The zero-order valence-corrected chi connectivity index (χ0v) is 13.3. The molecule has 0 aromatic heterocycles. The normalized spacial score (nSPS) is 10.2. The van der Waals surface area contributed by atoms with Crippen molar-refractivity contribution in [3.8, 4) is 0 Å². The summed E-state index contributed by atoms with van der Waals surface area (Å²) < 4.78 is 0. The van der Waals surface area contributed by atoms with Gasteiger partial charge in [-0.25, -0.2) is 4.79 Å². The van der Waals surface area contributed by atoms with Crippen molar-refractivity contribution >= 4 is 30.0 Å². The van der Waals surface area contributed by atoms with Crippen molar-refractivity contribution in [3.05, 3.63) is 30.3 Å². The number of halogens is 1. The lowest BCUT2D eigenvalue weighted by Gasteiger charge is -2.25. The topological polar surface area (TPSA) is 82.3 Å². The minimum absolute atomic E-state index is 0. The van der Waals surface area contributed by atoms with E-state index in [-0.39, 0.29) is 18.3 Å². The van der Waals surface area contributed by atoms with Crippen molar-refractivity contribution in [1.82, 2.24) is 16.0 Å². The summed E-state index contributed by atoms with van der Waals surface area (Å²) in [5, 5.41) is 11.0. The van der Waals surface area contributed by atoms with E-state index in [0.717, 1.165) is 0 Å². The molecule has 118 valence electrons. The third-order valence-corrected chi connectivity index (χ3v) is 2.69. The smallest absolute Gasteiger partial charge is 0.320 e. The van der Waals surface area contributed by atoms with Crippen LogP contribution in [0.5, 0.6) is 0 Å². The van der Waals surface area contributed by atoms with E-state index in [4.69, 9.17) is 0 Å². The molecule has 1 aromatic carbocycles. The second-order valence-electron chi connectivity index (χ2n) is 4.93. The van der Waals surface area contributed by atoms with Crippen molar-refractivity contribution in [3.63, 3.8) is 0 Å². The molecule has 0 aliphatic rings. The molecule has 0 fully saturated rings. The number of para-hydroxylation sites is 1. The number of carbonyl (C=O) groups is 2. The average molecular weight is 315 g/mol. The first-order valence-corrected chi connectivity index (χ1v) is 6.53. The van der Waals surface area contributed by atoms with E-state index in [1.165, 1.54) is 0 Å². The Bertz CT molecular complexity index is 452. The van der Waals surface area contributed by atoms with Crippen LogP contribution in [0.4, 0.5) is 10.5 Å². The van der Waals surface area contributed by atoms with Gasteiger partial charge in [0, 0.05) is 18.8 Å². The number of rotatable bonds is 6. The van der Waals surface area contributed by atoms with Gasteiger partial charge in [0.1, 0.15) is 5.54 Å². The van der Waals surface area contributed by atoms with Gasteiger partial charge in [0.25, 0.3) is 0 Å². The molecule has 21 heavy (non-hydrogen) atoms. The van der Waals surface area contributed by atoms with E-state index in [2.05, 4.69) is 21.3 Å². The van der Waals surface area contributed by atoms with Crippen LogP contribution >= 0.6 is 12.4 Å². The van der Waals surface area contributed by atoms with Crippen LogP contribution in [-0.4, -0.2) is 37.6 Å². The van der Waals surface area contributed by atoms with Crippen LogP contribution in [0.15, 0.2) is 30.3 Å². The number of benzene rings is 1. The number of urea groups is 1. The van der Waals surface area contributed by atoms with Gasteiger partial charge in [-0.3, -0.25) is 4.79 Å². The fourth-order valence-electron chi connectivity index (χ4n) is 1.55. The Kier molecular flexibility index (Phi) is 8.42. The predicted octanol–water partition coefficient (Wildman–Crippen LogP) is 1.34. The maximum atomic E-state index is 11.9. The summed E-state index contributed by atoms with van der Waals surface area (Å²) in [7, 11) is 1.81. The molecule has 1 rings (SSSR count). The molecule has 7 heteroatoms. The Labute approximate surface area is 131 Å². The minimum Gasteiger partial charge on any atom is -0.353 e. The third-order valence-electron chi connectivity index (χ3n) is 2.69. The van der Waals surface area contributed by atoms with Gasteiger partial charge in [-0.2, -0.15) is 0 Å². The highest BCUT2D eigenvalue weighted by atomic mass is 35.5. The highest BCUT2D eigenvalue weighted by Gasteiger charge is 2.29. The maximum absolute atomic E-state index is 11.9. The zero-order valence-electron chi connectivity index (χ0n) is 12.5. The molecule has 6 nitrogen and oxygen atoms in total. The minimum atomic E-state index is -0.980. The molecular weight excluding hydrogens is 292 g/mol. The first-order valence-electron chi connectivity index (χ1n) is 6.53. The largest absolute Gasteiger partial charge is 0.353 e. The summed E-state index contributed by atoms with van der Waals surface area (Å²) in [6.07, 6.45) is 0. The summed E-state index contributed by atoms with van der Waals surface area (Å²) in [5.41, 5.74) is -0.302. The Hall–Kier alpha value is -1.79. The van der Waals surface area contributed by atoms with E-state index >= 15 is 0 Å². The van der Waals surface area contributed by atoms with Crippen molar-refractivity contribution in [2.24, 2.45) is 0 Å². The first kappa shape index (κ1) is 19.2. The Morgan fingerprint density at radius 1 is 1.10 bits per heavy atom. The molecule has 0 atom stereocenters. The van der Waals surface area contributed by atoms with Crippen molar-refractivity contribution < 1.29 is 9.59 Å². The molecule has 0 aliphatic carbocycles. The van der Waals surface area contributed by atoms with E-state index in [1.807, 2.05) is 25.2 Å². The molecule has 0 aliphatic heterocycles. The molecule has 0 saturated carbocycles. The van der Waals surface area contributed by atoms with Gasteiger partial charge in [-0.05, 0) is 33.0 Å². The molecule has 1 aromatic rings. The van der Waals surface area contributed by atoms with Crippen LogP contribution in [0, 0.1) is 0 Å². The number of likely N-dealkylation sites (N-methyl/N-ethyl adjacent to an activating group) is 1. The van der Waals surface area contributed by atoms with E-state index < -0.39 is 11.6 Å². The van der Waals surface area contributed by atoms with Crippen molar-refractivity contribution in [2.75, 3.05) is 25.5 Å². The van der Waals surface area contributed by atoms with Gasteiger partial charge in [0.15, 0.2) is 0 Å². The van der Waals surface area contributed by atoms with Gasteiger partial charge in [0.05, 0.1) is 0 Å². The zero-order chi connectivity index (χ0) is 15.0. The summed E-state index contributed by atoms with van der Waals surface area (Å²) in [4.78, 5) is 23.8. The van der Waals surface area contributed by atoms with Crippen molar-refractivity contribution in [2.45, 2.75) is 19.4 Å². The Balaban J connectivity index is 0.00000400. The van der Waals surface area contributed by atoms with Crippen LogP contribution < -0.4 is 21.3 Å². The van der Waals surface area contributed by atoms with Gasteiger partial charge < -0.3 is 21.3 Å². The molecule has 4 N–H and O–H groups in total. The lowest BCUT2D eigenvalue weighted by Crippen LogP contribution is -2.56. The molecule has 0 bridgehead atoms. The first-order chi connectivity index (χ1) is 9.45. The van der Waals surface area contributed by atoms with Crippen LogP contribution in [0.25, 0.3) is 0 Å². The highest BCUT2D eigenvalue weighted by molar-refractivity contribution is 5.95. The van der Waals surface area contributed by atoms with Crippen LogP contribution in [0.2, 0.25) is 0 Å². The number of amides is 3. The SMILES string of the molecule is CNCCNC(=O)C(C)(C)NC(=O)Nc1ccccc1.Cl. The van der Waals surface area contributed by atoms with E-state index in [1.54, 1.807) is 26.0 Å². The second-order valence-corrected chi connectivity index (χ2v) is 4.93. The van der Waals surface area contributed by atoms with Gasteiger partial charge in [-0.1, -0.05) is 18.2 Å². The number of carbonyl (C=O) groups excluding carboxylic acids is 2. The summed E-state index contributed by atoms with van der Waals surface area (Å²) in [6.45, 7) is 4.51. The Morgan fingerprint density at radius 2 is 1.71 bits per heavy atom. The Morgan fingerprint density at radius 3 is 2.29 bits per heavy atom. The number of nitrogens with one attached hydrogen (secondary N) is 4. The lowest BCUT2D eigenvalue weighted by molar-refractivity contribution is -0.125. The number of hydrogen-bond acceptors (Lipinski definition) is 3. The summed E-state index contributed by atoms with van der Waals surface area (Å²) in [5.74, 6) is -0.226. The summed E-state index contributed by atoms with van der Waals surface area (Å²) >= 11 is 0. The molecule has 0 spiro atoms. The fourth-order valence-corrected chi connectivity index (χ4v) is 1.55. The second kappa shape index (κ2) is 9.20. The van der Waals surface area contributed by atoms with Crippen LogP contribution in [0.3, 0.4) is 0 Å². The highest BCUT2D eigenvalue weighted by Crippen LogP contribution is 2.07. The average Bonchev–Trinajstić information content (AvgIpc) is 2.39. The molecule has 0 saturated heterocycles.